The summed E-state index contributed by atoms with van der Waals surface area (Å²) in [7, 11) is 1.92. The van der Waals surface area contributed by atoms with Crippen LogP contribution in [0.2, 0.25) is 0 Å². The summed E-state index contributed by atoms with van der Waals surface area (Å²) in [5, 5.41) is 18.7. The van der Waals surface area contributed by atoms with Gasteiger partial charge in [-0.15, -0.1) is 0 Å². The molecule has 1 aromatic carbocycles. The maximum Gasteiger partial charge on any atom is 0.176 e. The molecule has 1 aliphatic rings. The van der Waals surface area contributed by atoms with Crippen LogP contribution in [0.3, 0.4) is 0 Å². The molecule has 0 spiro atoms. The quantitative estimate of drug-likeness (QED) is 0.633. The Morgan fingerprint density at radius 2 is 2.00 bits per heavy atom. The normalized spacial score (nSPS) is 16.5. The van der Waals surface area contributed by atoms with E-state index in [9.17, 15) is 15.0 Å². The fourth-order valence-electron chi connectivity index (χ4n) is 2.47. The van der Waals surface area contributed by atoms with Crippen molar-refractivity contribution in [3.05, 3.63) is 23.8 Å². The molecule has 0 atom stereocenters. The number of carbonyl (C=O) groups is 1. The molecule has 1 aliphatic heterocycles. The molecule has 1 aromatic rings. The van der Waals surface area contributed by atoms with Gasteiger partial charge in [-0.3, -0.25) is 9.69 Å². The minimum atomic E-state index is -0.261. The smallest absolute Gasteiger partial charge is 0.176 e. The van der Waals surface area contributed by atoms with Crippen LogP contribution in [-0.2, 0) is 4.74 Å². The molecular weight excluding hydrogens is 258 g/mol. The molecule has 0 amide bonds. The lowest BCUT2D eigenvalue weighted by molar-refractivity contribution is 0.0549. The Hall–Kier alpha value is -1.59. The van der Waals surface area contributed by atoms with Crippen LogP contribution in [0.15, 0.2) is 18.2 Å². The predicted molar refractivity (Wildman–Crippen MR) is 75.1 cm³/mol. The van der Waals surface area contributed by atoms with Gasteiger partial charge in [0.15, 0.2) is 17.3 Å². The predicted octanol–water partition coefficient (Wildman–Crippen LogP) is 1.64. The number of phenols is 2. The summed E-state index contributed by atoms with van der Waals surface area (Å²) in [5.41, 5.74) is 0.416. The highest BCUT2D eigenvalue weighted by atomic mass is 16.5. The molecule has 0 aliphatic carbocycles. The summed E-state index contributed by atoms with van der Waals surface area (Å²) in [6, 6.07) is 4.17. The number of hydrogen-bond donors (Lipinski definition) is 2. The van der Waals surface area contributed by atoms with Crippen LogP contribution in [-0.4, -0.2) is 54.2 Å². The van der Waals surface area contributed by atoms with Crippen molar-refractivity contribution in [3.8, 4) is 11.5 Å². The lowest BCUT2D eigenvalue weighted by Crippen LogP contribution is -2.33. The molecule has 5 heteroatoms. The first-order chi connectivity index (χ1) is 9.56. The zero-order chi connectivity index (χ0) is 14.5. The van der Waals surface area contributed by atoms with E-state index >= 15 is 0 Å². The van der Waals surface area contributed by atoms with Crippen molar-refractivity contribution >= 4 is 5.78 Å². The zero-order valence-electron chi connectivity index (χ0n) is 11.7. The molecule has 0 unspecified atom stereocenters. The highest BCUT2D eigenvalue weighted by Gasteiger charge is 2.18. The van der Waals surface area contributed by atoms with Gasteiger partial charge >= 0.3 is 0 Å². The summed E-state index contributed by atoms with van der Waals surface area (Å²) in [6.45, 7) is 2.79. The van der Waals surface area contributed by atoms with Crippen LogP contribution in [0.1, 0.15) is 23.2 Å². The van der Waals surface area contributed by atoms with E-state index in [2.05, 4.69) is 0 Å². The minimum Gasteiger partial charge on any atom is -0.504 e. The number of hydrogen-bond acceptors (Lipinski definition) is 5. The fraction of sp³-hybridized carbons (Fsp3) is 0.533. The summed E-state index contributed by atoms with van der Waals surface area (Å²) in [4.78, 5) is 14.1. The van der Waals surface area contributed by atoms with E-state index in [0.717, 1.165) is 32.6 Å². The van der Waals surface area contributed by atoms with Gasteiger partial charge < -0.3 is 14.9 Å². The summed E-state index contributed by atoms with van der Waals surface area (Å²) in [5.74, 6) is 0.0460. The van der Waals surface area contributed by atoms with E-state index in [1.54, 1.807) is 0 Å². The summed E-state index contributed by atoms with van der Waals surface area (Å²) >= 11 is 0. The first-order valence-corrected chi connectivity index (χ1v) is 6.87. The molecule has 1 saturated heterocycles. The Morgan fingerprint density at radius 3 is 2.65 bits per heavy atom. The van der Waals surface area contributed by atoms with E-state index < -0.39 is 0 Å². The largest absolute Gasteiger partial charge is 0.504 e. The van der Waals surface area contributed by atoms with Gasteiger partial charge in [-0.05, 0) is 44.0 Å². The van der Waals surface area contributed by atoms with Gasteiger partial charge in [-0.1, -0.05) is 0 Å². The molecule has 5 nitrogen and oxygen atoms in total. The van der Waals surface area contributed by atoms with E-state index in [-0.39, 0.29) is 17.3 Å². The maximum atomic E-state index is 12.1. The Labute approximate surface area is 118 Å². The monoisotopic (exact) mass is 279 g/mol. The number of rotatable bonds is 5. The number of benzene rings is 1. The first kappa shape index (κ1) is 14.8. The third-order valence-corrected chi connectivity index (χ3v) is 3.62. The van der Waals surface area contributed by atoms with Gasteiger partial charge in [0, 0.05) is 25.3 Å². The van der Waals surface area contributed by atoms with Gasteiger partial charge in [-0.2, -0.15) is 0 Å². The Morgan fingerprint density at radius 1 is 1.30 bits per heavy atom. The fourth-order valence-corrected chi connectivity index (χ4v) is 2.47. The second-order valence-electron chi connectivity index (χ2n) is 5.38. The number of carbonyl (C=O) groups excluding carboxylic acids is 1. The molecule has 20 heavy (non-hydrogen) atoms. The highest BCUT2D eigenvalue weighted by molar-refractivity contribution is 5.98. The van der Waals surface area contributed by atoms with Crippen molar-refractivity contribution in [2.45, 2.75) is 12.8 Å². The lowest BCUT2D eigenvalue weighted by atomic mass is 9.99. The van der Waals surface area contributed by atoms with Crippen molar-refractivity contribution in [2.75, 3.05) is 33.4 Å². The molecule has 1 fully saturated rings. The van der Waals surface area contributed by atoms with Gasteiger partial charge in [0.1, 0.15) is 0 Å². The van der Waals surface area contributed by atoms with Crippen LogP contribution >= 0.6 is 0 Å². The molecule has 0 aromatic heterocycles. The molecule has 1 heterocycles. The number of phenolic OH excluding ortho intramolecular Hbond substituents is 2. The van der Waals surface area contributed by atoms with Crippen LogP contribution < -0.4 is 0 Å². The van der Waals surface area contributed by atoms with Crippen LogP contribution in [0, 0.1) is 5.92 Å². The van der Waals surface area contributed by atoms with Crippen molar-refractivity contribution < 1.29 is 19.7 Å². The molecular formula is C15H21NO4. The molecule has 2 N–H and O–H groups in total. The van der Waals surface area contributed by atoms with E-state index in [0.29, 0.717) is 18.0 Å². The van der Waals surface area contributed by atoms with Gasteiger partial charge in [0.05, 0.1) is 6.54 Å². The number of likely N-dealkylation sites (N-methyl/N-ethyl adjacent to an activating group) is 1. The van der Waals surface area contributed by atoms with Crippen molar-refractivity contribution in [1.29, 1.82) is 0 Å². The van der Waals surface area contributed by atoms with E-state index in [4.69, 9.17) is 4.74 Å². The SMILES string of the molecule is CN(CC(=O)c1ccc(O)c(O)c1)CC1CCOCC1. The first-order valence-electron chi connectivity index (χ1n) is 6.87. The second-order valence-corrected chi connectivity index (χ2v) is 5.38. The van der Waals surface area contributed by atoms with E-state index in [1.165, 1.54) is 18.2 Å². The maximum absolute atomic E-state index is 12.1. The van der Waals surface area contributed by atoms with Gasteiger partial charge in [0.25, 0.3) is 0 Å². The second kappa shape index (κ2) is 6.72. The molecule has 0 saturated carbocycles. The van der Waals surface area contributed by atoms with Gasteiger partial charge in [0.2, 0.25) is 0 Å². The highest BCUT2D eigenvalue weighted by Crippen LogP contribution is 2.25. The van der Waals surface area contributed by atoms with Crippen molar-refractivity contribution in [3.63, 3.8) is 0 Å². The van der Waals surface area contributed by atoms with Crippen molar-refractivity contribution in [1.82, 2.24) is 4.90 Å². The zero-order valence-corrected chi connectivity index (χ0v) is 11.7. The number of aromatic hydroxyl groups is 2. The summed E-state index contributed by atoms with van der Waals surface area (Å²) < 4.78 is 5.32. The average Bonchev–Trinajstić information content (AvgIpc) is 2.42. The van der Waals surface area contributed by atoms with Crippen LogP contribution in [0.25, 0.3) is 0 Å². The average molecular weight is 279 g/mol. The number of ketones is 1. The van der Waals surface area contributed by atoms with Crippen molar-refractivity contribution in [2.24, 2.45) is 5.92 Å². The Kier molecular flexibility index (Phi) is 4.98. The topological polar surface area (TPSA) is 70.0 Å². The van der Waals surface area contributed by atoms with Gasteiger partial charge in [-0.25, -0.2) is 0 Å². The molecule has 110 valence electrons. The minimum absolute atomic E-state index is 0.0603. The molecule has 0 radical (unpaired) electrons. The standard InChI is InChI=1S/C15H21NO4/c1-16(9-11-4-6-20-7-5-11)10-15(19)12-2-3-13(17)14(18)8-12/h2-3,8,11,17-18H,4-7,9-10H2,1H3. The number of ether oxygens (including phenoxy) is 1. The lowest BCUT2D eigenvalue weighted by Gasteiger charge is -2.26. The Bertz CT molecular complexity index is 469. The third kappa shape index (κ3) is 3.95. The molecule has 0 bridgehead atoms. The number of nitrogens with zero attached hydrogens (tertiary/aromatic N) is 1. The van der Waals surface area contributed by atoms with E-state index in [1.807, 2.05) is 11.9 Å². The molecule has 2 rings (SSSR count). The van der Waals surface area contributed by atoms with Crippen LogP contribution in [0.5, 0.6) is 11.5 Å². The summed E-state index contributed by atoms with van der Waals surface area (Å²) in [6.07, 6.45) is 2.08. The third-order valence-electron chi connectivity index (χ3n) is 3.62. The number of Topliss-reactive ketones (excluding diaryl/α,β-unsaturated/α-hetero) is 1. The van der Waals surface area contributed by atoms with Crippen LogP contribution in [0.4, 0.5) is 0 Å². The Balaban J connectivity index is 1.87.